The predicted molar refractivity (Wildman–Crippen MR) is 73.2 cm³/mol. The maximum atomic E-state index is 12.2. The third kappa shape index (κ3) is 4.29. The molecule has 0 aliphatic heterocycles. The molecule has 0 amide bonds. The molecule has 0 aliphatic rings. The van der Waals surface area contributed by atoms with Gasteiger partial charge >= 0.3 is 0 Å². The Kier molecular flexibility index (Phi) is 5.96. The summed E-state index contributed by atoms with van der Waals surface area (Å²) < 4.78 is 28.4. The van der Waals surface area contributed by atoms with Gasteiger partial charge in [-0.05, 0) is 12.8 Å². The Morgan fingerprint density at radius 1 is 1.42 bits per heavy atom. The number of sulfonamides is 1. The van der Waals surface area contributed by atoms with Crippen LogP contribution in [0.15, 0.2) is 17.3 Å². The average molecular weight is 289 g/mol. The second kappa shape index (κ2) is 7.02. The number of rotatable bonds is 8. The van der Waals surface area contributed by atoms with Crippen LogP contribution in [0.5, 0.6) is 0 Å². The van der Waals surface area contributed by atoms with Gasteiger partial charge in [-0.1, -0.05) is 26.7 Å². The van der Waals surface area contributed by atoms with E-state index in [0.717, 1.165) is 12.8 Å². The second-order valence-electron chi connectivity index (χ2n) is 4.65. The van der Waals surface area contributed by atoms with Crippen LogP contribution in [-0.4, -0.2) is 36.0 Å². The molecule has 6 nitrogen and oxygen atoms in total. The number of hydrogen-bond acceptors (Lipinski definition) is 4. The highest BCUT2D eigenvalue weighted by molar-refractivity contribution is 7.89. The summed E-state index contributed by atoms with van der Waals surface area (Å²) in [5.74, 6) is 0.322. The summed E-state index contributed by atoms with van der Waals surface area (Å²) in [7, 11) is -3.54. The van der Waals surface area contributed by atoms with Crippen molar-refractivity contribution < 1.29 is 13.5 Å². The Morgan fingerprint density at radius 2 is 2.05 bits per heavy atom. The van der Waals surface area contributed by atoms with E-state index >= 15 is 0 Å². The largest absolute Gasteiger partial charge is 0.394 e. The maximum Gasteiger partial charge on any atom is 0.243 e. The smallest absolute Gasteiger partial charge is 0.243 e. The zero-order valence-corrected chi connectivity index (χ0v) is 12.5. The van der Waals surface area contributed by atoms with Crippen LogP contribution in [0.3, 0.4) is 0 Å². The second-order valence-corrected chi connectivity index (χ2v) is 6.36. The molecule has 7 heteroatoms. The van der Waals surface area contributed by atoms with Crippen LogP contribution in [0.2, 0.25) is 0 Å². The lowest BCUT2D eigenvalue weighted by Gasteiger charge is -2.21. The van der Waals surface area contributed by atoms with Gasteiger partial charge in [0.25, 0.3) is 0 Å². The minimum Gasteiger partial charge on any atom is -0.394 e. The molecule has 1 atom stereocenters. The first-order valence-electron chi connectivity index (χ1n) is 6.60. The Hall–Kier alpha value is -0.920. The molecule has 0 saturated carbocycles. The monoisotopic (exact) mass is 289 g/mol. The zero-order chi connectivity index (χ0) is 14.5. The van der Waals surface area contributed by atoms with E-state index in [9.17, 15) is 8.42 Å². The quantitative estimate of drug-likeness (QED) is 0.747. The van der Waals surface area contributed by atoms with Gasteiger partial charge in [0.1, 0.15) is 4.90 Å². The van der Waals surface area contributed by atoms with Gasteiger partial charge in [-0.25, -0.2) is 13.1 Å². The highest BCUT2D eigenvalue weighted by Crippen LogP contribution is 2.16. The fourth-order valence-electron chi connectivity index (χ4n) is 2.11. The van der Waals surface area contributed by atoms with Crippen molar-refractivity contribution in [3.63, 3.8) is 0 Å². The van der Waals surface area contributed by atoms with Crippen molar-refractivity contribution in [1.82, 2.24) is 14.5 Å². The molecule has 0 spiro atoms. The van der Waals surface area contributed by atoms with Crippen LogP contribution in [-0.2, 0) is 16.6 Å². The molecular weight excluding hydrogens is 266 g/mol. The minimum absolute atomic E-state index is 0.0707. The van der Waals surface area contributed by atoms with Crippen molar-refractivity contribution in [3.8, 4) is 0 Å². The third-order valence-corrected chi connectivity index (χ3v) is 4.86. The standard InChI is InChI=1S/C12H23N3O3S/c1-4-11(5-2)10(3)14-19(17,18)12-8-13-15(9-12)6-7-16/h8-11,14,16H,4-7H2,1-3H3. The number of aliphatic hydroxyl groups is 1. The molecule has 0 radical (unpaired) electrons. The van der Waals surface area contributed by atoms with Gasteiger partial charge in [-0.2, -0.15) is 5.10 Å². The van der Waals surface area contributed by atoms with Gasteiger partial charge in [0.2, 0.25) is 10.0 Å². The number of hydrogen-bond donors (Lipinski definition) is 2. The molecule has 0 aliphatic carbocycles. The zero-order valence-electron chi connectivity index (χ0n) is 11.7. The van der Waals surface area contributed by atoms with Gasteiger partial charge in [0.05, 0.1) is 19.3 Å². The van der Waals surface area contributed by atoms with Crippen molar-refractivity contribution in [2.75, 3.05) is 6.61 Å². The van der Waals surface area contributed by atoms with E-state index in [1.807, 2.05) is 6.92 Å². The van der Waals surface area contributed by atoms with Gasteiger partial charge < -0.3 is 5.11 Å². The molecule has 2 N–H and O–H groups in total. The maximum absolute atomic E-state index is 12.2. The number of aromatic nitrogens is 2. The van der Waals surface area contributed by atoms with Crippen molar-refractivity contribution in [2.45, 2.75) is 51.1 Å². The molecule has 1 unspecified atom stereocenters. The van der Waals surface area contributed by atoms with Gasteiger partial charge in [0.15, 0.2) is 0 Å². The highest BCUT2D eigenvalue weighted by Gasteiger charge is 2.23. The topological polar surface area (TPSA) is 84.2 Å². The Morgan fingerprint density at radius 3 is 2.58 bits per heavy atom. The molecule has 1 heterocycles. The molecule has 1 aromatic rings. The molecule has 110 valence electrons. The van der Waals surface area contributed by atoms with E-state index in [4.69, 9.17) is 5.11 Å². The van der Waals surface area contributed by atoms with Crippen LogP contribution in [0, 0.1) is 5.92 Å². The van der Waals surface area contributed by atoms with Gasteiger partial charge in [-0.15, -0.1) is 0 Å². The molecule has 1 aromatic heterocycles. The SMILES string of the molecule is CCC(CC)C(C)NS(=O)(=O)c1cnn(CCO)c1. The van der Waals surface area contributed by atoms with Crippen LogP contribution in [0.4, 0.5) is 0 Å². The highest BCUT2D eigenvalue weighted by atomic mass is 32.2. The van der Waals surface area contributed by atoms with Crippen molar-refractivity contribution in [1.29, 1.82) is 0 Å². The Bertz CT molecular complexity index is 480. The van der Waals surface area contributed by atoms with E-state index in [0.29, 0.717) is 5.92 Å². The molecule has 0 bridgehead atoms. The van der Waals surface area contributed by atoms with E-state index in [2.05, 4.69) is 23.7 Å². The summed E-state index contributed by atoms with van der Waals surface area (Å²) >= 11 is 0. The molecule has 0 aromatic carbocycles. The first-order chi connectivity index (χ1) is 8.94. The van der Waals surface area contributed by atoms with Crippen LogP contribution in [0.1, 0.15) is 33.6 Å². The summed E-state index contributed by atoms with van der Waals surface area (Å²) in [6, 6.07) is -0.110. The van der Waals surface area contributed by atoms with Crippen molar-refractivity contribution in [2.24, 2.45) is 5.92 Å². The lowest BCUT2D eigenvalue weighted by atomic mass is 9.96. The lowest BCUT2D eigenvalue weighted by Crippen LogP contribution is -2.37. The van der Waals surface area contributed by atoms with Crippen LogP contribution in [0.25, 0.3) is 0 Å². The molecule has 0 fully saturated rings. The van der Waals surface area contributed by atoms with E-state index in [1.165, 1.54) is 17.1 Å². The molecule has 1 rings (SSSR count). The summed E-state index contributed by atoms with van der Waals surface area (Å²) in [6.45, 7) is 6.21. The summed E-state index contributed by atoms with van der Waals surface area (Å²) in [6.07, 6.45) is 4.60. The van der Waals surface area contributed by atoms with E-state index < -0.39 is 10.0 Å². The van der Waals surface area contributed by atoms with Crippen molar-refractivity contribution in [3.05, 3.63) is 12.4 Å². The number of nitrogens with one attached hydrogen (secondary N) is 1. The Labute approximate surface area is 114 Å². The summed E-state index contributed by atoms with van der Waals surface area (Å²) in [5, 5.41) is 12.7. The lowest BCUT2D eigenvalue weighted by molar-refractivity contribution is 0.269. The molecular formula is C12H23N3O3S. The first-order valence-corrected chi connectivity index (χ1v) is 8.08. The number of aliphatic hydroxyl groups excluding tert-OH is 1. The van der Waals surface area contributed by atoms with Crippen molar-refractivity contribution >= 4 is 10.0 Å². The number of nitrogens with zero attached hydrogens (tertiary/aromatic N) is 2. The van der Waals surface area contributed by atoms with Gasteiger partial charge in [-0.3, -0.25) is 4.68 Å². The predicted octanol–water partition coefficient (Wildman–Crippen LogP) is 0.978. The molecule has 19 heavy (non-hydrogen) atoms. The van der Waals surface area contributed by atoms with Crippen LogP contribution < -0.4 is 4.72 Å². The van der Waals surface area contributed by atoms with E-state index in [1.54, 1.807) is 0 Å². The summed E-state index contributed by atoms with van der Waals surface area (Å²) in [5.41, 5.74) is 0. The normalized spacial score (nSPS) is 13.9. The third-order valence-electron chi connectivity index (χ3n) is 3.35. The minimum atomic E-state index is -3.54. The Balaban J connectivity index is 2.79. The fraction of sp³-hybridized carbons (Fsp3) is 0.750. The molecule has 0 saturated heterocycles. The first kappa shape index (κ1) is 16.1. The summed E-state index contributed by atoms with van der Waals surface area (Å²) in [4.78, 5) is 0.138. The van der Waals surface area contributed by atoms with Gasteiger partial charge in [0, 0.05) is 12.2 Å². The van der Waals surface area contributed by atoms with E-state index in [-0.39, 0.29) is 24.1 Å². The fourth-order valence-corrected chi connectivity index (χ4v) is 3.38. The van der Waals surface area contributed by atoms with Crippen LogP contribution >= 0.6 is 0 Å². The average Bonchev–Trinajstić information content (AvgIpc) is 2.80.